The minimum atomic E-state index is -0.395. The van der Waals surface area contributed by atoms with Gasteiger partial charge >= 0.3 is 0 Å². The maximum Gasteiger partial charge on any atom is 0.223 e. The van der Waals surface area contributed by atoms with Crippen molar-refractivity contribution in [2.75, 3.05) is 6.54 Å². The van der Waals surface area contributed by atoms with Gasteiger partial charge in [0.25, 0.3) is 0 Å². The molecule has 3 N–H and O–H groups in total. The summed E-state index contributed by atoms with van der Waals surface area (Å²) in [4.78, 5) is 21.9. The number of nitrogens with two attached hydrogens (primary N) is 1. The summed E-state index contributed by atoms with van der Waals surface area (Å²) in [5, 5.41) is 2.68. The van der Waals surface area contributed by atoms with E-state index in [2.05, 4.69) is 5.32 Å². The van der Waals surface area contributed by atoms with Gasteiger partial charge in [0.1, 0.15) is 0 Å². The summed E-state index contributed by atoms with van der Waals surface area (Å²) in [6.07, 6.45) is 0.197. The van der Waals surface area contributed by atoms with Gasteiger partial charge in [-0.3, -0.25) is 9.59 Å². The second-order valence-electron chi connectivity index (χ2n) is 4.60. The molecule has 0 unspecified atom stereocenters. The van der Waals surface area contributed by atoms with Crippen LogP contribution in [-0.4, -0.2) is 18.4 Å². The highest BCUT2D eigenvalue weighted by molar-refractivity contribution is 5.80. The number of rotatable bonds is 4. The molecule has 0 saturated heterocycles. The number of amides is 2. The van der Waals surface area contributed by atoms with E-state index >= 15 is 0 Å². The number of hydrogen-bond donors (Lipinski definition) is 2. The van der Waals surface area contributed by atoms with Gasteiger partial charge < -0.3 is 11.1 Å². The van der Waals surface area contributed by atoms with Crippen LogP contribution in [0.4, 0.5) is 0 Å². The molecule has 0 rings (SSSR count). The van der Waals surface area contributed by atoms with Gasteiger partial charge in [0, 0.05) is 18.9 Å². The first-order chi connectivity index (χ1) is 7.25. The van der Waals surface area contributed by atoms with Crippen molar-refractivity contribution in [2.45, 2.75) is 48.0 Å². The largest absolute Gasteiger partial charge is 0.370 e. The van der Waals surface area contributed by atoms with Gasteiger partial charge in [-0.25, -0.2) is 0 Å². The van der Waals surface area contributed by atoms with Gasteiger partial charge in [0.05, 0.1) is 0 Å². The molecule has 0 fully saturated rings. The summed E-state index contributed by atoms with van der Waals surface area (Å²) in [5.41, 5.74) is 4.89. The van der Waals surface area contributed by atoms with Crippen molar-refractivity contribution in [1.82, 2.24) is 5.32 Å². The summed E-state index contributed by atoms with van der Waals surface area (Å²) >= 11 is 0. The van der Waals surface area contributed by atoms with Crippen LogP contribution in [0.5, 0.6) is 0 Å². The van der Waals surface area contributed by atoms with Gasteiger partial charge in [0.2, 0.25) is 11.8 Å². The molecular weight excluding hydrogens is 204 g/mol. The number of carbonyl (C=O) groups excluding carboxylic acids is 2. The van der Waals surface area contributed by atoms with E-state index in [9.17, 15) is 9.59 Å². The SMILES string of the molecule is CC.C[C@H](C(=O)NCCC(N)=O)C(C)(C)C. The lowest BCUT2D eigenvalue weighted by molar-refractivity contribution is -0.127. The van der Waals surface area contributed by atoms with Crippen molar-refractivity contribution in [1.29, 1.82) is 0 Å². The van der Waals surface area contributed by atoms with Crippen LogP contribution in [-0.2, 0) is 9.59 Å². The van der Waals surface area contributed by atoms with Gasteiger partial charge in [0.15, 0.2) is 0 Å². The van der Waals surface area contributed by atoms with E-state index in [1.807, 2.05) is 41.5 Å². The molecule has 0 heterocycles. The van der Waals surface area contributed by atoms with E-state index in [0.29, 0.717) is 6.54 Å². The Morgan fingerprint density at radius 1 is 1.25 bits per heavy atom. The average molecular weight is 230 g/mol. The van der Waals surface area contributed by atoms with E-state index in [1.54, 1.807) is 0 Å². The van der Waals surface area contributed by atoms with Crippen LogP contribution >= 0.6 is 0 Å². The van der Waals surface area contributed by atoms with Crippen molar-refractivity contribution in [3.05, 3.63) is 0 Å². The van der Waals surface area contributed by atoms with Crippen LogP contribution in [0.2, 0.25) is 0 Å². The summed E-state index contributed by atoms with van der Waals surface area (Å²) < 4.78 is 0. The zero-order chi connectivity index (χ0) is 13.4. The highest BCUT2D eigenvalue weighted by Crippen LogP contribution is 2.24. The fourth-order valence-corrected chi connectivity index (χ4v) is 0.855. The highest BCUT2D eigenvalue weighted by atomic mass is 16.2. The Labute approximate surface area is 99.0 Å². The quantitative estimate of drug-likeness (QED) is 0.771. The molecule has 4 heteroatoms. The van der Waals surface area contributed by atoms with Crippen LogP contribution < -0.4 is 11.1 Å². The molecule has 1 atom stereocenters. The first kappa shape index (κ1) is 17.3. The maximum atomic E-state index is 11.5. The standard InChI is InChI=1S/C10H20N2O2.C2H6/c1-7(10(2,3)4)9(14)12-6-5-8(11)13;1-2/h7H,5-6H2,1-4H3,(H2,11,13)(H,12,14);1-2H3/t7-;/m1./s1. The summed E-state index contributed by atoms with van der Waals surface area (Å²) in [5.74, 6) is -0.497. The Hall–Kier alpha value is -1.06. The molecule has 0 radical (unpaired) electrons. The third-order valence-corrected chi connectivity index (χ3v) is 2.36. The highest BCUT2D eigenvalue weighted by Gasteiger charge is 2.26. The topological polar surface area (TPSA) is 72.2 Å². The van der Waals surface area contributed by atoms with Gasteiger partial charge in [-0.05, 0) is 5.41 Å². The summed E-state index contributed by atoms with van der Waals surface area (Å²) in [6, 6.07) is 0. The molecule has 0 aromatic heterocycles. The predicted octanol–water partition coefficient (Wildman–Crippen LogP) is 1.69. The lowest BCUT2D eigenvalue weighted by Gasteiger charge is -2.25. The average Bonchev–Trinajstić information content (AvgIpc) is 2.17. The van der Waals surface area contributed by atoms with Crippen molar-refractivity contribution < 1.29 is 9.59 Å². The van der Waals surface area contributed by atoms with Crippen molar-refractivity contribution in [2.24, 2.45) is 17.1 Å². The zero-order valence-electron chi connectivity index (χ0n) is 11.4. The zero-order valence-corrected chi connectivity index (χ0v) is 11.4. The Balaban J connectivity index is 0. The smallest absolute Gasteiger partial charge is 0.223 e. The number of hydrogen-bond acceptors (Lipinski definition) is 2. The molecule has 0 aromatic rings. The van der Waals surface area contributed by atoms with Crippen LogP contribution in [0.1, 0.15) is 48.0 Å². The summed E-state index contributed by atoms with van der Waals surface area (Å²) in [7, 11) is 0. The van der Waals surface area contributed by atoms with E-state index < -0.39 is 5.91 Å². The molecule has 2 amide bonds. The fraction of sp³-hybridized carbons (Fsp3) is 0.833. The normalized spacial score (nSPS) is 12.1. The van der Waals surface area contributed by atoms with Crippen molar-refractivity contribution in [3.8, 4) is 0 Å². The molecular formula is C12H26N2O2. The molecule has 0 aliphatic heterocycles. The van der Waals surface area contributed by atoms with Crippen LogP contribution in [0.25, 0.3) is 0 Å². The van der Waals surface area contributed by atoms with Crippen LogP contribution in [0.15, 0.2) is 0 Å². The molecule has 4 nitrogen and oxygen atoms in total. The Bertz CT molecular complexity index is 220. The second kappa shape index (κ2) is 8.13. The third-order valence-electron chi connectivity index (χ3n) is 2.36. The number of primary amides is 1. The lowest BCUT2D eigenvalue weighted by Crippen LogP contribution is -2.37. The Kier molecular flexibility index (Phi) is 8.81. The van der Waals surface area contributed by atoms with Crippen LogP contribution in [0, 0.1) is 11.3 Å². The maximum absolute atomic E-state index is 11.5. The van der Waals surface area contributed by atoms with Gasteiger partial charge in [-0.2, -0.15) is 0 Å². The van der Waals surface area contributed by atoms with E-state index in [4.69, 9.17) is 5.73 Å². The fourth-order valence-electron chi connectivity index (χ4n) is 0.855. The molecule has 0 spiro atoms. The monoisotopic (exact) mass is 230 g/mol. The lowest BCUT2D eigenvalue weighted by atomic mass is 9.81. The summed E-state index contributed by atoms with van der Waals surface area (Å²) in [6.45, 7) is 12.2. The minimum Gasteiger partial charge on any atom is -0.370 e. The second-order valence-corrected chi connectivity index (χ2v) is 4.60. The van der Waals surface area contributed by atoms with Crippen molar-refractivity contribution in [3.63, 3.8) is 0 Å². The third kappa shape index (κ3) is 8.26. The first-order valence-electron chi connectivity index (χ1n) is 5.81. The number of carbonyl (C=O) groups is 2. The molecule has 0 bridgehead atoms. The van der Waals surface area contributed by atoms with E-state index in [1.165, 1.54) is 0 Å². The van der Waals surface area contributed by atoms with E-state index in [-0.39, 0.29) is 23.7 Å². The molecule has 96 valence electrons. The number of nitrogens with one attached hydrogen (secondary N) is 1. The first-order valence-corrected chi connectivity index (χ1v) is 5.81. The van der Waals surface area contributed by atoms with Crippen LogP contribution in [0.3, 0.4) is 0 Å². The molecule has 0 aliphatic rings. The molecule has 16 heavy (non-hydrogen) atoms. The van der Waals surface area contributed by atoms with Gasteiger partial charge in [-0.15, -0.1) is 0 Å². The van der Waals surface area contributed by atoms with E-state index in [0.717, 1.165) is 0 Å². The predicted molar refractivity (Wildman–Crippen MR) is 66.8 cm³/mol. The van der Waals surface area contributed by atoms with Crippen molar-refractivity contribution >= 4 is 11.8 Å². The Morgan fingerprint density at radius 2 is 1.69 bits per heavy atom. The Morgan fingerprint density at radius 3 is 2.00 bits per heavy atom. The van der Waals surface area contributed by atoms with Gasteiger partial charge in [-0.1, -0.05) is 41.5 Å². The minimum absolute atomic E-state index is 0.0289. The molecule has 0 aliphatic carbocycles. The molecule has 0 aromatic carbocycles. The molecule has 0 saturated carbocycles.